The van der Waals surface area contributed by atoms with Crippen molar-refractivity contribution in [1.82, 2.24) is 9.97 Å². The Kier molecular flexibility index (Phi) is 4.74. The first-order chi connectivity index (χ1) is 4.86. The van der Waals surface area contributed by atoms with E-state index in [0.29, 0.717) is 6.54 Å². The van der Waals surface area contributed by atoms with E-state index < -0.39 is 0 Å². The summed E-state index contributed by atoms with van der Waals surface area (Å²) in [6.45, 7) is 2.54. The van der Waals surface area contributed by atoms with E-state index in [1.807, 2.05) is 6.92 Å². The maximum atomic E-state index is 5.36. The van der Waals surface area contributed by atoms with Gasteiger partial charge in [0.15, 0.2) is 0 Å². The van der Waals surface area contributed by atoms with Gasteiger partial charge in [0.2, 0.25) is 0 Å². The number of aryl methyl sites for hydroxylation is 1. The summed E-state index contributed by atoms with van der Waals surface area (Å²) in [5.41, 5.74) is 6.34. The van der Waals surface area contributed by atoms with Crippen molar-refractivity contribution in [2.45, 2.75) is 19.9 Å². The van der Waals surface area contributed by atoms with E-state index in [1.165, 1.54) is 0 Å². The Balaban J connectivity index is 0.000001000. The summed E-state index contributed by atoms with van der Waals surface area (Å²) in [4.78, 5) is 8.15. The molecule has 3 nitrogen and oxygen atoms in total. The van der Waals surface area contributed by atoms with E-state index >= 15 is 0 Å². The van der Waals surface area contributed by atoms with E-state index in [2.05, 4.69) is 9.97 Å². The van der Waals surface area contributed by atoms with Crippen molar-refractivity contribution < 1.29 is 0 Å². The summed E-state index contributed by atoms with van der Waals surface area (Å²) < 4.78 is 0. The molecular formula is C7H12ClN3. The number of aromatic nitrogens is 2. The van der Waals surface area contributed by atoms with Crippen LogP contribution in [0, 0.1) is 0 Å². The zero-order valence-electron chi connectivity index (χ0n) is 6.45. The molecule has 0 bridgehead atoms. The van der Waals surface area contributed by atoms with Crippen LogP contribution >= 0.6 is 12.4 Å². The van der Waals surface area contributed by atoms with Crippen LogP contribution in [0.25, 0.3) is 0 Å². The van der Waals surface area contributed by atoms with Crippen LogP contribution in [0.1, 0.15) is 18.3 Å². The predicted octanol–water partition coefficient (Wildman–Crippen LogP) is 0.919. The van der Waals surface area contributed by atoms with Crippen molar-refractivity contribution in [2.24, 2.45) is 5.73 Å². The first-order valence-electron chi connectivity index (χ1n) is 3.36. The topological polar surface area (TPSA) is 51.8 Å². The molecule has 0 unspecified atom stereocenters. The lowest BCUT2D eigenvalue weighted by Gasteiger charge is -1.95. The minimum absolute atomic E-state index is 0. The van der Waals surface area contributed by atoms with Crippen LogP contribution in [-0.2, 0) is 13.0 Å². The highest BCUT2D eigenvalue weighted by molar-refractivity contribution is 5.85. The Labute approximate surface area is 72.5 Å². The van der Waals surface area contributed by atoms with Crippen molar-refractivity contribution in [3.05, 3.63) is 23.8 Å². The Hall–Kier alpha value is -0.670. The third-order valence-electron chi connectivity index (χ3n) is 1.31. The fraction of sp³-hybridized carbons (Fsp3) is 0.429. The predicted molar refractivity (Wildman–Crippen MR) is 46.5 cm³/mol. The molecule has 1 heterocycles. The van der Waals surface area contributed by atoms with Gasteiger partial charge < -0.3 is 5.73 Å². The van der Waals surface area contributed by atoms with Gasteiger partial charge in [0.05, 0.1) is 0 Å². The van der Waals surface area contributed by atoms with Crippen molar-refractivity contribution in [1.29, 1.82) is 0 Å². The monoisotopic (exact) mass is 173 g/mol. The van der Waals surface area contributed by atoms with Crippen LogP contribution in [0.15, 0.2) is 12.4 Å². The van der Waals surface area contributed by atoms with Crippen molar-refractivity contribution >= 4 is 12.4 Å². The Morgan fingerprint density at radius 2 is 1.91 bits per heavy atom. The molecule has 1 rings (SSSR count). The largest absolute Gasteiger partial charge is 0.326 e. The molecule has 0 aliphatic rings. The molecule has 2 N–H and O–H groups in total. The Bertz CT molecular complexity index is 174. The average molecular weight is 174 g/mol. The lowest BCUT2D eigenvalue weighted by molar-refractivity contribution is 0.906. The van der Waals surface area contributed by atoms with Gasteiger partial charge in [-0.2, -0.15) is 0 Å². The van der Waals surface area contributed by atoms with Crippen LogP contribution in [-0.4, -0.2) is 9.97 Å². The van der Waals surface area contributed by atoms with Crippen LogP contribution < -0.4 is 5.73 Å². The maximum absolute atomic E-state index is 5.36. The van der Waals surface area contributed by atoms with Crippen molar-refractivity contribution in [2.75, 3.05) is 0 Å². The van der Waals surface area contributed by atoms with Crippen LogP contribution in [0.4, 0.5) is 0 Å². The molecule has 0 saturated carbocycles. The maximum Gasteiger partial charge on any atom is 0.127 e. The minimum atomic E-state index is 0. The highest BCUT2D eigenvalue weighted by atomic mass is 35.5. The lowest BCUT2D eigenvalue weighted by Crippen LogP contribution is -2.00. The second kappa shape index (κ2) is 5.04. The molecule has 0 amide bonds. The molecule has 0 radical (unpaired) electrons. The van der Waals surface area contributed by atoms with E-state index in [9.17, 15) is 0 Å². The van der Waals surface area contributed by atoms with Gasteiger partial charge in [-0.3, -0.25) is 0 Å². The van der Waals surface area contributed by atoms with Gasteiger partial charge in [-0.25, -0.2) is 9.97 Å². The second-order valence-corrected chi connectivity index (χ2v) is 2.07. The SMILES string of the molecule is CCc1ncc(CN)cn1.Cl. The molecule has 11 heavy (non-hydrogen) atoms. The first kappa shape index (κ1) is 10.3. The highest BCUT2D eigenvalue weighted by Crippen LogP contribution is 1.94. The Morgan fingerprint density at radius 1 is 1.36 bits per heavy atom. The van der Waals surface area contributed by atoms with Crippen molar-refractivity contribution in [3.63, 3.8) is 0 Å². The average Bonchev–Trinajstić information content (AvgIpc) is 2.05. The number of hydrogen-bond acceptors (Lipinski definition) is 3. The Morgan fingerprint density at radius 3 is 2.27 bits per heavy atom. The van der Waals surface area contributed by atoms with Gasteiger partial charge in [0.25, 0.3) is 0 Å². The molecule has 62 valence electrons. The molecule has 0 aliphatic carbocycles. The summed E-state index contributed by atoms with van der Waals surface area (Å²) in [6.07, 6.45) is 4.42. The van der Waals surface area contributed by atoms with Crippen LogP contribution in [0.5, 0.6) is 0 Å². The quantitative estimate of drug-likeness (QED) is 0.724. The number of halogens is 1. The zero-order chi connectivity index (χ0) is 7.40. The normalized spacial score (nSPS) is 8.91. The van der Waals surface area contributed by atoms with Gasteiger partial charge in [-0.15, -0.1) is 12.4 Å². The van der Waals surface area contributed by atoms with Crippen LogP contribution in [0.3, 0.4) is 0 Å². The smallest absolute Gasteiger partial charge is 0.127 e. The fourth-order valence-corrected chi connectivity index (χ4v) is 0.669. The van der Waals surface area contributed by atoms with Gasteiger partial charge in [0.1, 0.15) is 5.82 Å². The summed E-state index contributed by atoms with van der Waals surface area (Å²) in [5, 5.41) is 0. The molecule has 0 saturated heterocycles. The summed E-state index contributed by atoms with van der Waals surface area (Å²) in [5.74, 6) is 0.872. The first-order valence-corrected chi connectivity index (χ1v) is 3.36. The minimum Gasteiger partial charge on any atom is -0.326 e. The van der Waals surface area contributed by atoms with Crippen LogP contribution in [0.2, 0.25) is 0 Å². The van der Waals surface area contributed by atoms with E-state index in [-0.39, 0.29) is 12.4 Å². The number of rotatable bonds is 2. The summed E-state index contributed by atoms with van der Waals surface area (Å²) in [6, 6.07) is 0. The van der Waals surface area contributed by atoms with Gasteiger partial charge >= 0.3 is 0 Å². The number of hydrogen-bond donors (Lipinski definition) is 1. The third kappa shape index (κ3) is 2.82. The molecular weight excluding hydrogens is 162 g/mol. The van der Waals surface area contributed by atoms with E-state index in [0.717, 1.165) is 17.8 Å². The molecule has 0 atom stereocenters. The second-order valence-electron chi connectivity index (χ2n) is 2.07. The van der Waals surface area contributed by atoms with Crippen molar-refractivity contribution in [3.8, 4) is 0 Å². The standard InChI is InChI=1S/C7H11N3.ClH/c1-2-7-9-4-6(3-8)5-10-7;/h4-5H,2-3,8H2,1H3;1H. The molecule has 0 aliphatic heterocycles. The van der Waals surface area contributed by atoms with Gasteiger partial charge in [0, 0.05) is 30.9 Å². The summed E-state index contributed by atoms with van der Waals surface area (Å²) >= 11 is 0. The molecule has 1 aromatic heterocycles. The molecule has 0 spiro atoms. The fourth-order valence-electron chi connectivity index (χ4n) is 0.669. The highest BCUT2D eigenvalue weighted by Gasteiger charge is 1.91. The zero-order valence-corrected chi connectivity index (χ0v) is 7.27. The molecule has 0 aromatic carbocycles. The molecule has 1 aromatic rings. The third-order valence-corrected chi connectivity index (χ3v) is 1.31. The number of nitrogens with zero attached hydrogens (tertiary/aromatic N) is 2. The van der Waals surface area contributed by atoms with E-state index in [1.54, 1.807) is 12.4 Å². The number of nitrogens with two attached hydrogens (primary N) is 1. The lowest BCUT2D eigenvalue weighted by atomic mass is 10.3. The summed E-state index contributed by atoms with van der Waals surface area (Å²) in [7, 11) is 0. The molecule has 4 heteroatoms. The van der Waals surface area contributed by atoms with Gasteiger partial charge in [-0.05, 0) is 0 Å². The van der Waals surface area contributed by atoms with E-state index in [4.69, 9.17) is 5.73 Å². The van der Waals surface area contributed by atoms with Gasteiger partial charge in [-0.1, -0.05) is 6.92 Å². The molecule has 0 fully saturated rings.